The molecule has 0 fully saturated rings. The number of hydrogen-bond acceptors (Lipinski definition) is 2. The van der Waals surface area contributed by atoms with Gasteiger partial charge in [-0.25, -0.2) is 0 Å². The highest BCUT2D eigenvalue weighted by Gasteiger charge is 2.13. The average molecular weight is 284 g/mol. The number of furan rings is 1. The van der Waals surface area contributed by atoms with Gasteiger partial charge in [0, 0.05) is 6.04 Å². The highest BCUT2D eigenvalue weighted by Crippen LogP contribution is 2.26. The van der Waals surface area contributed by atoms with Crippen LogP contribution in [0.5, 0.6) is 0 Å². The Morgan fingerprint density at radius 1 is 1.06 bits per heavy atom. The van der Waals surface area contributed by atoms with Crippen LogP contribution in [0.3, 0.4) is 0 Å². The van der Waals surface area contributed by atoms with E-state index in [0.29, 0.717) is 10.0 Å². The molecule has 0 aliphatic heterocycles. The maximum absolute atomic E-state index is 6.02. The smallest absolute Gasteiger partial charge is 0.120 e. The molecule has 0 aliphatic carbocycles. The summed E-state index contributed by atoms with van der Waals surface area (Å²) in [5, 5.41) is 4.60. The lowest BCUT2D eigenvalue weighted by Crippen LogP contribution is -2.22. The topological polar surface area (TPSA) is 25.2 Å². The summed E-state index contributed by atoms with van der Waals surface area (Å²) in [5.74, 6) is 0.918. The van der Waals surface area contributed by atoms with E-state index in [4.69, 9.17) is 27.6 Å². The van der Waals surface area contributed by atoms with Crippen LogP contribution >= 0.6 is 23.2 Å². The van der Waals surface area contributed by atoms with Crippen molar-refractivity contribution in [3.05, 3.63) is 58.0 Å². The zero-order chi connectivity index (χ0) is 13.1. The van der Waals surface area contributed by atoms with Crippen molar-refractivity contribution in [3.8, 4) is 0 Å². The van der Waals surface area contributed by atoms with Crippen LogP contribution in [0, 0.1) is 0 Å². The van der Waals surface area contributed by atoms with Crippen LogP contribution in [0.4, 0.5) is 0 Å². The third-order valence-corrected chi connectivity index (χ3v) is 3.65. The summed E-state index contributed by atoms with van der Waals surface area (Å²) >= 11 is 11.9. The molecular weight excluding hydrogens is 269 g/mol. The maximum atomic E-state index is 6.02. The van der Waals surface area contributed by atoms with Crippen molar-refractivity contribution < 1.29 is 4.42 Å². The number of halogens is 2. The molecule has 4 heteroatoms. The lowest BCUT2D eigenvalue weighted by Gasteiger charge is -2.19. The molecule has 18 heavy (non-hydrogen) atoms. The molecule has 0 bridgehead atoms. The van der Waals surface area contributed by atoms with Crippen molar-refractivity contribution in [2.45, 2.75) is 25.9 Å². The van der Waals surface area contributed by atoms with E-state index in [1.807, 2.05) is 30.3 Å². The minimum atomic E-state index is 0.143. The van der Waals surface area contributed by atoms with Crippen molar-refractivity contribution in [2.24, 2.45) is 0 Å². The summed E-state index contributed by atoms with van der Waals surface area (Å²) in [7, 11) is 0. The molecule has 2 atom stereocenters. The van der Waals surface area contributed by atoms with E-state index in [1.165, 1.54) is 0 Å². The number of hydrogen-bond donors (Lipinski definition) is 1. The van der Waals surface area contributed by atoms with Gasteiger partial charge in [0.05, 0.1) is 22.4 Å². The van der Waals surface area contributed by atoms with Gasteiger partial charge in [-0.1, -0.05) is 29.3 Å². The first kappa shape index (κ1) is 13.5. The number of rotatable bonds is 4. The first-order chi connectivity index (χ1) is 8.58. The third kappa shape index (κ3) is 3.08. The van der Waals surface area contributed by atoms with Gasteiger partial charge in [-0.05, 0) is 43.7 Å². The Labute approximate surface area is 117 Å². The molecule has 0 radical (unpaired) electrons. The van der Waals surface area contributed by atoms with Crippen LogP contribution in [0.25, 0.3) is 0 Å². The lowest BCUT2D eigenvalue weighted by molar-refractivity contribution is 0.403. The van der Waals surface area contributed by atoms with Gasteiger partial charge in [-0.2, -0.15) is 0 Å². The average Bonchev–Trinajstić information content (AvgIpc) is 2.86. The zero-order valence-corrected chi connectivity index (χ0v) is 11.8. The van der Waals surface area contributed by atoms with Gasteiger partial charge in [0.2, 0.25) is 0 Å². The molecular formula is C14H15Cl2NO. The number of benzene rings is 1. The van der Waals surface area contributed by atoms with Gasteiger partial charge in [0.25, 0.3) is 0 Å². The molecule has 2 rings (SSSR count). The standard InChI is InChI=1S/C14H15Cl2NO/c1-9(11-5-6-12(15)13(16)8-11)17-10(2)14-4-3-7-18-14/h3-10,17H,1-2H3/t9?,10-/m0/s1. The van der Waals surface area contributed by atoms with Crippen LogP contribution in [-0.4, -0.2) is 0 Å². The Morgan fingerprint density at radius 2 is 1.83 bits per heavy atom. The van der Waals surface area contributed by atoms with Crippen LogP contribution in [0.15, 0.2) is 41.0 Å². The van der Waals surface area contributed by atoms with Crippen molar-refractivity contribution in [1.82, 2.24) is 5.32 Å². The van der Waals surface area contributed by atoms with E-state index in [9.17, 15) is 0 Å². The fourth-order valence-corrected chi connectivity index (χ4v) is 2.18. The van der Waals surface area contributed by atoms with E-state index >= 15 is 0 Å². The second-order valence-corrected chi connectivity index (χ2v) is 5.11. The third-order valence-electron chi connectivity index (χ3n) is 2.91. The van der Waals surface area contributed by atoms with Gasteiger partial charge in [0.15, 0.2) is 0 Å². The van der Waals surface area contributed by atoms with Crippen molar-refractivity contribution in [1.29, 1.82) is 0 Å². The first-order valence-corrected chi connectivity index (χ1v) is 6.58. The van der Waals surface area contributed by atoms with Gasteiger partial charge < -0.3 is 9.73 Å². The summed E-state index contributed by atoms with van der Waals surface area (Å²) in [6.45, 7) is 4.14. The van der Waals surface area contributed by atoms with Crippen molar-refractivity contribution in [3.63, 3.8) is 0 Å². The van der Waals surface area contributed by atoms with Gasteiger partial charge in [-0.15, -0.1) is 0 Å². The predicted molar refractivity (Wildman–Crippen MR) is 75.1 cm³/mol. The van der Waals surface area contributed by atoms with E-state index < -0.39 is 0 Å². The van der Waals surface area contributed by atoms with Crippen LogP contribution in [0.2, 0.25) is 10.0 Å². The molecule has 0 aliphatic rings. The molecule has 96 valence electrons. The monoisotopic (exact) mass is 283 g/mol. The summed E-state index contributed by atoms with van der Waals surface area (Å²) in [4.78, 5) is 0. The Balaban J connectivity index is 2.07. The van der Waals surface area contributed by atoms with Crippen molar-refractivity contribution in [2.75, 3.05) is 0 Å². The highest BCUT2D eigenvalue weighted by molar-refractivity contribution is 6.42. The summed E-state index contributed by atoms with van der Waals surface area (Å²) in [6, 6.07) is 9.83. The van der Waals surface area contributed by atoms with Crippen LogP contribution in [-0.2, 0) is 0 Å². The molecule has 1 unspecified atom stereocenters. The van der Waals surface area contributed by atoms with Crippen LogP contribution in [0.1, 0.15) is 37.3 Å². The van der Waals surface area contributed by atoms with E-state index in [-0.39, 0.29) is 12.1 Å². The molecule has 0 saturated heterocycles. The van der Waals surface area contributed by atoms with E-state index in [1.54, 1.807) is 6.26 Å². The second kappa shape index (κ2) is 5.79. The molecule has 0 spiro atoms. The molecule has 0 amide bonds. The minimum Gasteiger partial charge on any atom is -0.468 e. The Bertz CT molecular complexity index is 511. The highest BCUT2D eigenvalue weighted by atomic mass is 35.5. The molecule has 1 aromatic carbocycles. The molecule has 0 saturated carbocycles. The quantitative estimate of drug-likeness (QED) is 0.854. The van der Waals surface area contributed by atoms with Gasteiger partial charge in [0.1, 0.15) is 5.76 Å². The van der Waals surface area contributed by atoms with E-state index in [2.05, 4.69) is 19.2 Å². The SMILES string of the molecule is CC(N[C@@H](C)c1ccco1)c1ccc(Cl)c(Cl)c1. The fourth-order valence-electron chi connectivity index (χ4n) is 1.87. The Morgan fingerprint density at radius 3 is 2.44 bits per heavy atom. The fraction of sp³-hybridized carbons (Fsp3) is 0.286. The summed E-state index contributed by atoms with van der Waals surface area (Å²) in [5.41, 5.74) is 1.10. The molecule has 1 N–H and O–H groups in total. The first-order valence-electron chi connectivity index (χ1n) is 5.82. The maximum Gasteiger partial charge on any atom is 0.120 e. The normalized spacial score (nSPS) is 14.4. The molecule has 1 aromatic heterocycles. The van der Waals surface area contributed by atoms with Crippen LogP contribution < -0.4 is 5.32 Å². The van der Waals surface area contributed by atoms with Crippen molar-refractivity contribution >= 4 is 23.2 Å². The zero-order valence-electron chi connectivity index (χ0n) is 10.3. The Kier molecular flexibility index (Phi) is 4.33. The molecule has 2 nitrogen and oxygen atoms in total. The summed E-state index contributed by atoms with van der Waals surface area (Å²) < 4.78 is 5.37. The lowest BCUT2D eigenvalue weighted by atomic mass is 10.1. The minimum absolute atomic E-state index is 0.143. The number of nitrogens with one attached hydrogen (secondary N) is 1. The van der Waals surface area contributed by atoms with E-state index in [0.717, 1.165) is 11.3 Å². The largest absolute Gasteiger partial charge is 0.468 e. The van der Waals surface area contributed by atoms with Gasteiger partial charge in [-0.3, -0.25) is 0 Å². The summed E-state index contributed by atoms with van der Waals surface area (Å²) in [6.07, 6.45) is 1.68. The predicted octanol–water partition coefficient (Wildman–Crippen LogP) is 5.00. The molecule has 1 heterocycles. The Hall–Kier alpha value is -0.960. The van der Waals surface area contributed by atoms with Gasteiger partial charge >= 0.3 is 0 Å². The second-order valence-electron chi connectivity index (χ2n) is 4.30. The molecule has 2 aromatic rings.